The van der Waals surface area contributed by atoms with Gasteiger partial charge >= 0.3 is 0 Å². The van der Waals surface area contributed by atoms with E-state index in [0.717, 1.165) is 11.3 Å². The van der Waals surface area contributed by atoms with Crippen LogP contribution < -0.4 is 4.74 Å². The van der Waals surface area contributed by atoms with Crippen LogP contribution in [0.15, 0.2) is 81.8 Å². The number of amidine groups is 2. The number of ether oxygens (including phenoxy) is 1. The van der Waals surface area contributed by atoms with E-state index >= 15 is 0 Å². The van der Waals surface area contributed by atoms with E-state index in [-0.39, 0.29) is 12.4 Å². The topological polar surface area (TPSA) is 79.4 Å². The molecule has 0 bridgehead atoms. The van der Waals surface area contributed by atoms with E-state index in [2.05, 4.69) is 38.5 Å². The molecule has 1 aliphatic rings. The second kappa shape index (κ2) is 11.4. The molecule has 0 amide bonds. The number of pyridine rings is 1. The van der Waals surface area contributed by atoms with Gasteiger partial charge < -0.3 is 9.84 Å². The molecule has 0 atom stereocenters. The van der Waals surface area contributed by atoms with Gasteiger partial charge in [-0.15, -0.1) is 0 Å². The highest BCUT2D eigenvalue weighted by atomic mass is 35.5. The van der Waals surface area contributed by atoms with Crippen LogP contribution in [0.4, 0.5) is 0 Å². The van der Waals surface area contributed by atoms with Crippen molar-refractivity contribution in [1.82, 2.24) is 4.98 Å². The number of aromatic nitrogens is 1. The van der Waals surface area contributed by atoms with Gasteiger partial charge in [0.1, 0.15) is 19.1 Å². The molecule has 0 unspecified atom stereocenters. The third-order valence-corrected chi connectivity index (χ3v) is 5.34. The van der Waals surface area contributed by atoms with Crippen molar-refractivity contribution in [2.45, 2.75) is 19.4 Å². The van der Waals surface area contributed by atoms with Gasteiger partial charge in [0, 0.05) is 23.2 Å². The Morgan fingerprint density at radius 1 is 1.09 bits per heavy atom. The third kappa shape index (κ3) is 6.16. The average molecular weight is 471 g/mol. The van der Waals surface area contributed by atoms with Gasteiger partial charge in [0.15, 0.2) is 11.7 Å². The van der Waals surface area contributed by atoms with Crippen molar-refractivity contribution >= 4 is 30.0 Å². The smallest absolute Gasteiger partial charge is 0.166 e. The summed E-state index contributed by atoms with van der Waals surface area (Å²) in [6.45, 7) is 3.48. The maximum absolute atomic E-state index is 9.50. The number of nitrogens with zero attached hydrogens (tertiary/aromatic N) is 4. The minimum Gasteiger partial charge on any atom is -0.486 e. The van der Waals surface area contributed by atoms with Gasteiger partial charge in [-0.05, 0) is 68.1 Å². The van der Waals surface area contributed by atoms with E-state index in [9.17, 15) is 5.11 Å². The Morgan fingerprint density at radius 3 is 2.59 bits per heavy atom. The molecule has 1 fully saturated rings. The molecule has 1 aromatic heterocycles. The first-order valence-electron chi connectivity index (χ1n) is 10.8. The molecule has 1 aliphatic carbocycles. The van der Waals surface area contributed by atoms with E-state index in [1.54, 1.807) is 24.4 Å². The van der Waals surface area contributed by atoms with Crippen molar-refractivity contribution in [3.63, 3.8) is 0 Å². The second-order valence-electron chi connectivity index (χ2n) is 7.56. The Kier molecular flexibility index (Phi) is 7.82. The summed E-state index contributed by atoms with van der Waals surface area (Å²) in [6.07, 6.45) is 4.07. The lowest BCUT2D eigenvalue weighted by molar-refractivity contribution is 0.301. The number of aliphatic hydroxyl groups excluding tert-OH is 1. The summed E-state index contributed by atoms with van der Waals surface area (Å²) in [5, 5.41) is 9.90. The van der Waals surface area contributed by atoms with Crippen molar-refractivity contribution in [2.24, 2.45) is 20.9 Å². The van der Waals surface area contributed by atoms with Crippen molar-refractivity contribution in [1.29, 1.82) is 0 Å². The fourth-order valence-electron chi connectivity index (χ4n) is 3.12. The zero-order valence-electron chi connectivity index (χ0n) is 18.5. The summed E-state index contributed by atoms with van der Waals surface area (Å²) in [5.41, 5.74) is 2.87. The Bertz CT molecular complexity index is 1270. The van der Waals surface area contributed by atoms with Crippen LogP contribution in [0.2, 0.25) is 5.02 Å². The molecule has 2 aromatic carbocycles. The van der Waals surface area contributed by atoms with E-state index in [0.29, 0.717) is 33.7 Å². The zero-order valence-corrected chi connectivity index (χ0v) is 19.2. The molecule has 170 valence electrons. The molecule has 0 saturated heterocycles. The van der Waals surface area contributed by atoms with Crippen LogP contribution in [0.25, 0.3) is 0 Å². The zero-order chi connectivity index (χ0) is 23.8. The van der Waals surface area contributed by atoms with Gasteiger partial charge in [-0.3, -0.25) is 4.98 Å². The molecule has 0 aliphatic heterocycles. The van der Waals surface area contributed by atoms with E-state index < -0.39 is 6.73 Å². The lowest BCUT2D eigenvalue weighted by Gasteiger charge is -2.13. The third-order valence-electron chi connectivity index (χ3n) is 5.02. The minimum atomic E-state index is -0.432. The molecule has 3 aromatic rings. The fourth-order valence-corrected chi connectivity index (χ4v) is 3.37. The normalized spacial score (nSPS) is 13.7. The monoisotopic (exact) mass is 470 g/mol. The van der Waals surface area contributed by atoms with Gasteiger partial charge in [0.2, 0.25) is 0 Å². The molecule has 1 saturated carbocycles. The molecule has 0 spiro atoms. The molecule has 0 radical (unpaired) electrons. The van der Waals surface area contributed by atoms with Gasteiger partial charge in [-0.25, -0.2) is 15.0 Å². The van der Waals surface area contributed by atoms with Crippen molar-refractivity contribution in [3.8, 4) is 17.6 Å². The minimum absolute atomic E-state index is 0.228. The average Bonchev–Trinajstić information content (AvgIpc) is 3.70. The highest BCUT2D eigenvalue weighted by molar-refractivity contribution is 6.35. The second-order valence-corrected chi connectivity index (χ2v) is 7.97. The summed E-state index contributed by atoms with van der Waals surface area (Å²) in [6, 6.07) is 18.4. The largest absolute Gasteiger partial charge is 0.486 e. The number of halogens is 1. The predicted molar refractivity (Wildman–Crippen MR) is 136 cm³/mol. The number of rotatable bonds is 6. The first-order chi connectivity index (χ1) is 16.7. The van der Waals surface area contributed by atoms with Crippen molar-refractivity contribution < 1.29 is 9.84 Å². The van der Waals surface area contributed by atoms with Crippen molar-refractivity contribution in [3.05, 3.63) is 94.3 Å². The molecule has 34 heavy (non-hydrogen) atoms. The number of benzene rings is 2. The lowest BCUT2D eigenvalue weighted by Crippen LogP contribution is -2.09. The predicted octanol–water partition coefficient (Wildman–Crippen LogP) is 4.92. The van der Waals surface area contributed by atoms with Crippen LogP contribution in [0.3, 0.4) is 0 Å². The fraction of sp³-hybridized carbons (Fsp3) is 0.185. The summed E-state index contributed by atoms with van der Waals surface area (Å²) in [5.74, 6) is 7.96. The Labute approximate surface area is 203 Å². The van der Waals surface area contributed by atoms with Gasteiger partial charge in [0.25, 0.3) is 0 Å². The highest BCUT2D eigenvalue weighted by Crippen LogP contribution is 2.29. The van der Waals surface area contributed by atoms with Crippen molar-refractivity contribution in [2.75, 3.05) is 6.73 Å². The van der Waals surface area contributed by atoms with Crippen LogP contribution >= 0.6 is 11.6 Å². The van der Waals surface area contributed by atoms with Crippen LogP contribution in [0.1, 0.15) is 35.2 Å². The Hall–Kier alpha value is -3.79. The standard InChI is InChI=1S/C27H23ClN4O2/c1-29-27(25-23(28)6-4-7-24(25)34-17-22-5-2-3-16-30-22)32-26(31-18-33)21-14-12-20(13-15-21)11-10-19-8-9-19/h2-7,12-16,19,33H,1,8-9,17-18H2. The lowest BCUT2D eigenvalue weighted by atomic mass is 10.1. The summed E-state index contributed by atoms with van der Waals surface area (Å²) < 4.78 is 5.98. The maximum atomic E-state index is 9.50. The Balaban J connectivity index is 1.63. The molecule has 4 rings (SSSR count). The number of aliphatic hydroxyl groups is 1. The molecule has 1 heterocycles. The number of hydrogen-bond donors (Lipinski definition) is 1. The maximum Gasteiger partial charge on any atom is 0.166 e. The molecular formula is C27H23ClN4O2. The molecule has 6 nitrogen and oxygen atoms in total. The van der Waals surface area contributed by atoms with Crippen LogP contribution in [-0.4, -0.2) is 35.2 Å². The van der Waals surface area contributed by atoms with Gasteiger partial charge in [-0.2, -0.15) is 0 Å². The summed E-state index contributed by atoms with van der Waals surface area (Å²) >= 11 is 6.51. The van der Waals surface area contributed by atoms with Crippen LogP contribution in [0, 0.1) is 17.8 Å². The number of aliphatic imine (C=N–C) groups is 3. The van der Waals surface area contributed by atoms with Gasteiger partial charge in [0.05, 0.1) is 16.3 Å². The van der Waals surface area contributed by atoms with E-state index in [4.69, 9.17) is 16.3 Å². The van der Waals surface area contributed by atoms with Crippen LogP contribution in [-0.2, 0) is 6.61 Å². The first-order valence-corrected chi connectivity index (χ1v) is 11.2. The van der Waals surface area contributed by atoms with E-state index in [1.807, 2.05) is 42.5 Å². The SMILES string of the molecule is C=NC(=NC(=NCO)c1ccc(C#CC2CC2)cc1)c1c(Cl)cccc1OCc1ccccn1. The highest BCUT2D eigenvalue weighted by Gasteiger charge is 2.18. The van der Waals surface area contributed by atoms with Gasteiger partial charge in [-0.1, -0.05) is 35.6 Å². The first kappa shape index (κ1) is 23.4. The summed E-state index contributed by atoms with van der Waals surface area (Å²) in [7, 11) is 0. The van der Waals surface area contributed by atoms with E-state index in [1.165, 1.54) is 12.8 Å². The van der Waals surface area contributed by atoms with Crippen LogP contribution in [0.5, 0.6) is 5.75 Å². The summed E-state index contributed by atoms with van der Waals surface area (Å²) in [4.78, 5) is 17.1. The number of hydrogen-bond acceptors (Lipinski definition) is 4. The molecule has 1 N–H and O–H groups in total. The molecule has 7 heteroatoms. The molecular weight excluding hydrogens is 448 g/mol. The quantitative estimate of drug-likeness (QED) is 0.315. The Morgan fingerprint density at radius 2 is 1.91 bits per heavy atom.